The molecule has 0 aliphatic heterocycles. The molecule has 16 aromatic rings. The molecule has 616 valence electrons. The highest BCUT2D eigenvalue weighted by Gasteiger charge is 2.28. The topological polar surface area (TPSA) is 411 Å². The van der Waals surface area contributed by atoms with Gasteiger partial charge in [-0.25, -0.2) is 39.9 Å². The van der Waals surface area contributed by atoms with Gasteiger partial charge in [-0.3, -0.25) is 40.5 Å². The number of hydrogen-bond acceptors (Lipinski definition) is 36. The summed E-state index contributed by atoms with van der Waals surface area (Å²) >= 11 is 11.6. The molecule has 0 fully saturated rings. The van der Waals surface area contributed by atoms with Crippen LogP contribution in [0.25, 0.3) is 40.1 Å². The smallest absolute Gasteiger partial charge is 0.269 e. The van der Waals surface area contributed by atoms with Crippen LogP contribution in [0, 0.1) is 68.2 Å². The van der Waals surface area contributed by atoms with Crippen molar-refractivity contribution in [1.29, 1.82) is 0 Å². The van der Waals surface area contributed by atoms with E-state index in [0.29, 0.717) is 156 Å². The Labute approximate surface area is 734 Å². The Morgan fingerprint density at radius 2 is 0.427 bits per heavy atom. The quantitative estimate of drug-likeness (QED) is 0.0250. The van der Waals surface area contributed by atoms with E-state index in [1.807, 2.05) is 119 Å². The maximum atomic E-state index is 12.0. The molecule has 0 spiro atoms. The van der Waals surface area contributed by atoms with E-state index in [-0.39, 0.29) is 74.9 Å². The van der Waals surface area contributed by atoms with Gasteiger partial charge in [0.2, 0.25) is 0 Å². The van der Waals surface area contributed by atoms with Crippen molar-refractivity contribution in [1.82, 2.24) is 39.9 Å². The van der Waals surface area contributed by atoms with Crippen molar-refractivity contribution >= 4 is 159 Å². The van der Waals surface area contributed by atoms with Crippen molar-refractivity contribution < 1.29 is 38.6 Å². The lowest BCUT2D eigenvalue weighted by atomic mass is 9.90. The van der Waals surface area contributed by atoms with Crippen molar-refractivity contribution in [3.05, 3.63) is 319 Å². The highest BCUT2D eigenvalue weighted by Crippen LogP contribution is 2.47. The van der Waals surface area contributed by atoms with E-state index in [1.54, 1.807) is 0 Å². The average Bonchev–Trinajstić information content (AvgIpc) is 1.31. The first kappa shape index (κ1) is 82.3. The molecule has 17 rings (SSSR count). The van der Waals surface area contributed by atoms with Crippen molar-refractivity contribution in [2.75, 3.05) is 0 Å². The Balaban J connectivity index is 0.931. The van der Waals surface area contributed by atoms with E-state index < -0.39 is 19.7 Å². The lowest BCUT2D eigenvalue weighted by Crippen LogP contribution is -2.10. The standard InChI is InChI=1S/C84H60N20O12S8/c1-45-37-117-77(85-45)81-89-65(41-121-81)33-113-73-49-21-51-27-62(98-94-58-7-15-70(16-8-58)102(107)108)29-53(74(51)114-34-66-42-122-82(90-66)78-86-46(2)38-118-78)23-55-31-64(100-96-60-11-19-72(20-12-60)104(111)112)32-56(76(55)116-36-68-44-124-84(92-68)80-88-48(4)40-120-80)24-54-30-63(99-95-59-9-17-71(18-10-59)103(109)110)28-52(75(54)115-35-67-43-123-83(91-67)79-87-47(3)39-119-79)22-50(73)26-61(25-49)97-93-57-5-13-69(14-6-57)101(105)106/h5-20,25-32,37-44H,21-24,33-36H2,1-4H3. The summed E-state index contributed by atoms with van der Waals surface area (Å²) < 4.78 is 29.4. The number of hydrogen-bond donors (Lipinski definition) is 0. The molecule has 0 saturated carbocycles. The second-order valence-corrected chi connectivity index (χ2v) is 34.7. The van der Waals surface area contributed by atoms with Crippen LogP contribution in [0.5, 0.6) is 23.0 Å². The molecule has 0 amide bonds. The Morgan fingerprint density at radius 1 is 0.258 bits per heavy atom. The van der Waals surface area contributed by atoms with Crippen molar-refractivity contribution in [2.24, 2.45) is 40.9 Å². The number of thiazole rings is 8. The van der Waals surface area contributed by atoms with Crippen LogP contribution in [0.3, 0.4) is 0 Å². The summed E-state index contributed by atoms with van der Waals surface area (Å²) in [5.74, 6) is 1.45. The number of nitrogens with zero attached hydrogens (tertiary/aromatic N) is 20. The zero-order valence-electron chi connectivity index (χ0n) is 65.2. The third-order valence-electron chi connectivity index (χ3n) is 18.7. The molecular formula is C84H60N20O12S8. The number of rotatable bonds is 28. The van der Waals surface area contributed by atoms with Gasteiger partial charge in [-0.2, -0.15) is 40.9 Å². The predicted octanol–water partition coefficient (Wildman–Crippen LogP) is 25.5. The third kappa shape index (κ3) is 19.8. The maximum absolute atomic E-state index is 12.0. The zero-order chi connectivity index (χ0) is 85.5. The Morgan fingerprint density at radius 3 is 0.597 bits per heavy atom. The number of non-ortho nitro benzene ring substituents is 4. The molecule has 0 unspecified atom stereocenters. The van der Waals surface area contributed by atoms with Gasteiger partial charge >= 0.3 is 0 Å². The van der Waals surface area contributed by atoms with Crippen LogP contribution in [-0.4, -0.2) is 59.6 Å². The number of aromatic nitrogens is 8. The van der Waals surface area contributed by atoms with Crippen LogP contribution in [0.2, 0.25) is 0 Å². The number of aryl methyl sites for hydroxylation is 4. The van der Waals surface area contributed by atoms with E-state index in [0.717, 1.165) is 42.8 Å². The first-order chi connectivity index (χ1) is 60.2. The van der Waals surface area contributed by atoms with E-state index >= 15 is 0 Å². The molecule has 0 saturated heterocycles. The fourth-order valence-corrected chi connectivity index (χ4v) is 19.7. The second-order valence-electron chi connectivity index (χ2n) is 27.9. The maximum Gasteiger partial charge on any atom is 0.269 e. The van der Waals surface area contributed by atoms with Crippen LogP contribution >= 0.6 is 90.7 Å². The van der Waals surface area contributed by atoms with Gasteiger partial charge in [-0.1, -0.05) is 0 Å². The van der Waals surface area contributed by atoms with Crippen molar-refractivity contribution in [3.63, 3.8) is 0 Å². The fourth-order valence-electron chi connectivity index (χ4n) is 13.1. The lowest BCUT2D eigenvalue weighted by Gasteiger charge is -2.23. The summed E-state index contributed by atoms with van der Waals surface area (Å²) in [5, 5.41) is 108. The van der Waals surface area contributed by atoms with Crippen LogP contribution in [0.4, 0.5) is 68.2 Å². The molecule has 8 heterocycles. The number of benzene rings is 8. The molecule has 1 aliphatic carbocycles. The van der Waals surface area contributed by atoms with Crippen LogP contribution in [-0.2, 0) is 52.1 Å². The van der Waals surface area contributed by atoms with Gasteiger partial charge in [0, 0.05) is 185 Å². The summed E-state index contributed by atoms with van der Waals surface area (Å²) in [6, 6.07) is 37.3. The fraction of sp³-hybridized carbons (Fsp3) is 0.143. The molecule has 124 heavy (non-hydrogen) atoms. The minimum absolute atomic E-state index is 0.0420. The molecule has 0 N–H and O–H groups in total. The van der Waals surface area contributed by atoms with Gasteiger partial charge in [0.25, 0.3) is 22.7 Å². The van der Waals surface area contributed by atoms with Crippen molar-refractivity contribution in [2.45, 2.75) is 79.8 Å². The molecule has 32 nitrogen and oxygen atoms in total. The summed E-state index contributed by atoms with van der Waals surface area (Å²) in [4.78, 5) is 85.2. The summed E-state index contributed by atoms with van der Waals surface area (Å²) in [6.45, 7) is 7.36. The highest BCUT2D eigenvalue weighted by molar-refractivity contribution is 7.21. The highest BCUT2D eigenvalue weighted by atomic mass is 32.1. The molecule has 8 aromatic heterocycles. The van der Waals surface area contributed by atoms with Crippen LogP contribution < -0.4 is 18.9 Å². The van der Waals surface area contributed by atoms with Gasteiger partial charge in [0.05, 0.1) is 88.0 Å². The van der Waals surface area contributed by atoms with Gasteiger partial charge in [-0.05, 0) is 125 Å². The summed E-state index contributed by atoms with van der Waals surface area (Å²) in [6.07, 6.45) is -0.168. The van der Waals surface area contributed by atoms with Crippen molar-refractivity contribution in [3.8, 4) is 63.1 Å². The molecule has 0 radical (unpaired) electrons. The van der Waals surface area contributed by atoms with E-state index in [2.05, 4.69) is 0 Å². The SMILES string of the molecule is Cc1csc(-c2nc(COc3c4cc(N=Nc5ccc([N+](=O)[O-])cc5)cc3Cc3cc(N=Nc5ccc([N+](=O)[O-])cc5)cc(c3OCc3csc(-c5nc(C)cs5)n3)Cc3cc(N=Nc5ccc([N+](=O)[O-])cc5)cc(c3OCc3csc(-c5nc(C)cs5)n3)Cc3cc(N=Nc5ccc([N+](=O)[O-])cc5)cc(c3OCc3csc(-c5nc(C)cs5)n3)C4)cs2)n1. The number of azo groups is 4. The number of nitro benzene ring substituents is 4. The minimum atomic E-state index is -0.502. The van der Waals surface area contributed by atoms with Gasteiger partial charge < -0.3 is 18.9 Å². The molecule has 8 bridgehead atoms. The predicted molar refractivity (Wildman–Crippen MR) is 475 cm³/mol. The first-order valence-electron chi connectivity index (χ1n) is 37.5. The largest absolute Gasteiger partial charge is 0.487 e. The summed E-state index contributed by atoms with van der Waals surface area (Å²) in [5.41, 5.74) is 11.6. The second kappa shape index (κ2) is 36.7. The monoisotopic (exact) mass is 1800 g/mol. The molecule has 40 heteroatoms. The Bertz CT molecular complexity index is 5970. The third-order valence-corrected chi connectivity index (χ3v) is 26.6. The normalized spacial score (nSPS) is 12.2. The summed E-state index contributed by atoms with van der Waals surface area (Å²) in [7, 11) is 0. The number of nitro groups is 4. The van der Waals surface area contributed by atoms with Gasteiger partial charge in [0.1, 0.15) is 49.4 Å². The first-order valence-corrected chi connectivity index (χ1v) is 44.5. The Kier molecular flexibility index (Phi) is 24.4. The van der Waals surface area contributed by atoms with E-state index in [4.69, 9.17) is 99.7 Å². The van der Waals surface area contributed by atoms with Crippen LogP contribution in [0.1, 0.15) is 90.1 Å². The molecule has 0 atom stereocenters. The van der Waals surface area contributed by atoms with E-state index in [1.165, 1.54) is 188 Å². The van der Waals surface area contributed by atoms with Crippen LogP contribution in [0.15, 0.2) is 230 Å². The Hall–Kier alpha value is -14.0. The number of fused-ring (bicyclic) bond motifs is 8. The number of ether oxygens (including phenoxy) is 4. The van der Waals surface area contributed by atoms with Gasteiger partial charge in [0.15, 0.2) is 40.1 Å². The molecular weight excluding hydrogens is 1740 g/mol. The van der Waals surface area contributed by atoms with Gasteiger partial charge in [-0.15, -0.1) is 90.7 Å². The lowest BCUT2D eigenvalue weighted by molar-refractivity contribution is -0.385. The molecule has 8 aromatic carbocycles. The average molecular weight is 1800 g/mol. The zero-order valence-corrected chi connectivity index (χ0v) is 71.8. The van der Waals surface area contributed by atoms with E-state index in [9.17, 15) is 40.5 Å². The molecule has 1 aliphatic rings. The minimum Gasteiger partial charge on any atom is -0.487 e.